The summed E-state index contributed by atoms with van der Waals surface area (Å²) in [5.41, 5.74) is 3.51. The summed E-state index contributed by atoms with van der Waals surface area (Å²) >= 11 is 0. The number of aliphatic hydroxyl groups is 1. The number of likely N-dealkylation sites (N-methyl/N-ethyl adjacent to an activating group) is 1. The highest BCUT2D eigenvalue weighted by molar-refractivity contribution is 6.08. The smallest absolute Gasteiger partial charge is 0.259 e. The van der Waals surface area contributed by atoms with Gasteiger partial charge in [0.25, 0.3) is 5.91 Å². The number of allylic oxidation sites excluding steroid dienone is 1. The van der Waals surface area contributed by atoms with E-state index in [1.165, 1.54) is 12.3 Å². The van der Waals surface area contributed by atoms with Gasteiger partial charge in [-0.25, -0.2) is 0 Å². The Morgan fingerprint density at radius 2 is 1.77 bits per heavy atom. The molecule has 0 radical (unpaired) electrons. The highest BCUT2D eigenvalue weighted by atomic mass is 16.3. The monoisotopic (exact) mass is 404 g/mol. The quantitative estimate of drug-likeness (QED) is 0.435. The molecule has 2 aromatic carbocycles. The Morgan fingerprint density at radius 1 is 1.07 bits per heavy atom. The standard InChI is InChI=1S/C24H24N2O4/c1-17-22(13-16-30-17)24(29)25-20-8-6-19(7-9-20)23(28)12-5-18-3-10-21(11-4-18)26(2)14-15-27/h3-13,16,27H,14-15H2,1-2H3,(H,25,29)/b12-5+. The summed E-state index contributed by atoms with van der Waals surface area (Å²) < 4.78 is 5.14. The van der Waals surface area contributed by atoms with Crippen molar-refractivity contribution in [1.82, 2.24) is 0 Å². The third-order valence-electron chi connectivity index (χ3n) is 4.73. The van der Waals surface area contributed by atoms with Crippen LogP contribution in [0, 0.1) is 6.92 Å². The predicted molar refractivity (Wildman–Crippen MR) is 118 cm³/mol. The molecule has 1 heterocycles. The van der Waals surface area contributed by atoms with Gasteiger partial charge in [-0.3, -0.25) is 9.59 Å². The van der Waals surface area contributed by atoms with Crippen LogP contribution >= 0.6 is 0 Å². The second kappa shape index (κ2) is 9.71. The van der Waals surface area contributed by atoms with Gasteiger partial charge < -0.3 is 19.7 Å². The van der Waals surface area contributed by atoms with Gasteiger partial charge in [-0.05, 0) is 61.0 Å². The molecule has 2 N–H and O–H groups in total. The number of hydrogen-bond acceptors (Lipinski definition) is 5. The molecule has 1 amide bonds. The Hall–Kier alpha value is -3.64. The third kappa shape index (κ3) is 5.24. The summed E-state index contributed by atoms with van der Waals surface area (Å²) in [6.07, 6.45) is 4.75. The predicted octanol–water partition coefficient (Wildman–Crippen LogP) is 4.16. The van der Waals surface area contributed by atoms with E-state index in [1.807, 2.05) is 36.2 Å². The van der Waals surface area contributed by atoms with E-state index in [9.17, 15) is 9.59 Å². The molecule has 0 fully saturated rings. The number of rotatable bonds is 8. The average molecular weight is 404 g/mol. The SMILES string of the molecule is Cc1occc1C(=O)Nc1ccc(C(=O)/C=C/c2ccc(N(C)CCO)cc2)cc1. The number of carbonyl (C=O) groups excluding carboxylic acids is 2. The summed E-state index contributed by atoms with van der Waals surface area (Å²) in [6, 6.07) is 16.1. The first-order valence-electron chi connectivity index (χ1n) is 9.58. The Labute approximate surface area is 175 Å². The molecule has 3 aromatic rings. The lowest BCUT2D eigenvalue weighted by atomic mass is 10.1. The van der Waals surface area contributed by atoms with Crippen LogP contribution in [0.3, 0.4) is 0 Å². The van der Waals surface area contributed by atoms with Crippen molar-refractivity contribution in [2.24, 2.45) is 0 Å². The number of furan rings is 1. The molecule has 0 saturated carbocycles. The molecule has 0 atom stereocenters. The largest absolute Gasteiger partial charge is 0.469 e. The van der Waals surface area contributed by atoms with Crippen molar-refractivity contribution < 1.29 is 19.1 Å². The maximum atomic E-state index is 12.4. The lowest BCUT2D eigenvalue weighted by Crippen LogP contribution is -2.20. The Kier molecular flexibility index (Phi) is 6.83. The number of aliphatic hydroxyl groups excluding tert-OH is 1. The fourth-order valence-corrected chi connectivity index (χ4v) is 2.92. The van der Waals surface area contributed by atoms with E-state index in [0.29, 0.717) is 29.1 Å². The number of benzene rings is 2. The first kappa shape index (κ1) is 21.1. The van der Waals surface area contributed by atoms with Crippen LogP contribution in [0.1, 0.15) is 32.0 Å². The lowest BCUT2D eigenvalue weighted by molar-refractivity contribution is 0.102. The molecule has 0 unspecified atom stereocenters. The van der Waals surface area contributed by atoms with E-state index in [1.54, 1.807) is 43.3 Å². The van der Waals surface area contributed by atoms with Crippen LogP contribution in [0.4, 0.5) is 11.4 Å². The Bertz CT molecular complexity index is 1030. The number of hydrogen-bond donors (Lipinski definition) is 2. The molecule has 3 rings (SSSR count). The van der Waals surface area contributed by atoms with Crippen LogP contribution < -0.4 is 10.2 Å². The number of amides is 1. The molecule has 0 spiro atoms. The fourth-order valence-electron chi connectivity index (χ4n) is 2.92. The van der Waals surface area contributed by atoms with E-state index < -0.39 is 0 Å². The molecule has 0 bridgehead atoms. The Balaban J connectivity index is 1.60. The van der Waals surface area contributed by atoms with Crippen molar-refractivity contribution in [3.63, 3.8) is 0 Å². The van der Waals surface area contributed by atoms with Crippen molar-refractivity contribution in [2.75, 3.05) is 30.4 Å². The maximum Gasteiger partial charge on any atom is 0.259 e. The topological polar surface area (TPSA) is 82.8 Å². The fraction of sp³-hybridized carbons (Fsp3) is 0.167. The second-order valence-corrected chi connectivity index (χ2v) is 6.86. The van der Waals surface area contributed by atoms with Gasteiger partial charge in [-0.1, -0.05) is 18.2 Å². The molecule has 0 aliphatic rings. The van der Waals surface area contributed by atoms with E-state index >= 15 is 0 Å². The number of aryl methyl sites for hydroxylation is 1. The number of nitrogens with one attached hydrogen (secondary N) is 1. The van der Waals surface area contributed by atoms with Crippen LogP contribution in [0.15, 0.2) is 71.4 Å². The molecule has 6 nitrogen and oxygen atoms in total. The molecule has 1 aromatic heterocycles. The molecule has 0 aliphatic carbocycles. The minimum absolute atomic E-state index is 0.0953. The number of anilines is 2. The van der Waals surface area contributed by atoms with E-state index in [0.717, 1.165) is 11.3 Å². The molecule has 154 valence electrons. The molecule has 30 heavy (non-hydrogen) atoms. The van der Waals surface area contributed by atoms with Gasteiger partial charge >= 0.3 is 0 Å². The summed E-state index contributed by atoms with van der Waals surface area (Å²) in [7, 11) is 1.91. The van der Waals surface area contributed by atoms with E-state index in [-0.39, 0.29) is 18.3 Å². The third-order valence-corrected chi connectivity index (χ3v) is 4.73. The van der Waals surface area contributed by atoms with Gasteiger partial charge in [0.05, 0.1) is 18.4 Å². The molecule has 6 heteroatoms. The van der Waals surface area contributed by atoms with Gasteiger partial charge in [0.1, 0.15) is 5.76 Å². The van der Waals surface area contributed by atoms with E-state index in [2.05, 4.69) is 5.32 Å². The average Bonchev–Trinajstić information content (AvgIpc) is 3.19. The molecule has 0 saturated heterocycles. The van der Waals surface area contributed by atoms with E-state index in [4.69, 9.17) is 9.52 Å². The number of carbonyl (C=O) groups is 2. The van der Waals surface area contributed by atoms with Gasteiger partial charge in [0, 0.05) is 30.5 Å². The molecule has 0 aliphatic heterocycles. The normalized spacial score (nSPS) is 10.9. The summed E-state index contributed by atoms with van der Waals surface area (Å²) in [4.78, 5) is 26.6. The van der Waals surface area contributed by atoms with Crippen molar-refractivity contribution in [3.8, 4) is 0 Å². The second-order valence-electron chi connectivity index (χ2n) is 6.86. The van der Waals surface area contributed by atoms with Crippen LogP contribution in [0.2, 0.25) is 0 Å². The van der Waals surface area contributed by atoms with Gasteiger partial charge in [-0.2, -0.15) is 0 Å². The van der Waals surface area contributed by atoms with Gasteiger partial charge in [-0.15, -0.1) is 0 Å². The summed E-state index contributed by atoms with van der Waals surface area (Å²) in [6.45, 7) is 2.38. The molecular weight excluding hydrogens is 380 g/mol. The highest BCUT2D eigenvalue weighted by Gasteiger charge is 2.11. The van der Waals surface area contributed by atoms with Crippen LogP contribution in [-0.4, -0.2) is 37.0 Å². The van der Waals surface area contributed by atoms with Crippen molar-refractivity contribution in [2.45, 2.75) is 6.92 Å². The van der Waals surface area contributed by atoms with Crippen LogP contribution in [0.25, 0.3) is 6.08 Å². The zero-order valence-corrected chi connectivity index (χ0v) is 17.0. The first-order chi connectivity index (χ1) is 14.5. The number of ketones is 1. The van der Waals surface area contributed by atoms with Crippen molar-refractivity contribution in [1.29, 1.82) is 0 Å². The number of nitrogens with zero attached hydrogens (tertiary/aromatic N) is 1. The lowest BCUT2D eigenvalue weighted by Gasteiger charge is -2.17. The zero-order chi connectivity index (χ0) is 21.5. The van der Waals surface area contributed by atoms with Crippen molar-refractivity contribution in [3.05, 3.63) is 89.4 Å². The maximum absolute atomic E-state index is 12.4. The van der Waals surface area contributed by atoms with Crippen molar-refractivity contribution >= 4 is 29.1 Å². The minimum Gasteiger partial charge on any atom is -0.469 e. The molecular formula is C24H24N2O4. The highest BCUT2D eigenvalue weighted by Crippen LogP contribution is 2.17. The zero-order valence-electron chi connectivity index (χ0n) is 17.0. The minimum atomic E-state index is -0.256. The van der Waals surface area contributed by atoms with Gasteiger partial charge in [0.15, 0.2) is 5.78 Å². The summed E-state index contributed by atoms with van der Waals surface area (Å²) in [5, 5.41) is 11.8. The van der Waals surface area contributed by atoms with Crippen LogP contribution in [-0.2, 0) is 0 Å². The van der Waals surface area contributed by atoms with Gasteiger partial charge in [0.2, 0.25) is 0 Å². The van der Waals surface area contributed by atoms with Crippen LogP contribution in [0.5, 0.6) is 0 Å². The first-order valence-corrected chi connectivity index (χ1v) is 9.58. The Morgan fingerprint density at radius 3 is 2.37 bits per heavy atom. The summed E-state index contributed by atoms with van der Waals surface area (Å²) in [5.74, 6) is 0.172.